The molecule has 1 atom stereocenters. The maximum absolute atomic E-state index is 13.8. The molecule has 8 heteroatoms. The summed E-state index contributed by atoms with van der Waals surface area (Å²) >= 11 is 0. The minimum absolute atomic E-state index is 0.00457. The molecule has 2 bridgehead atoms. The summed E-state index contributed by atoms with van der Waals surface area (Å²) in [7, 11) is -2.74. The van der Waals surface area contributed by atoms with E-state index in [2.05, 4.69) is 120 Å². The van der Waals surface area contributed by atoms with E-state index in [-0.39, 0.29) is 22.6 Å². The number of nitrogens with zero attached hydrogens (tertiary/aromatic N) is 1. The van der Waals surface area contributed by atoms with Crippen LogP contribution in [0.1, 0.15) is 100 Å². The largest absolute Gasteiger partial charge is 0.444 e. The topological polar surface area (TPSA) is 66.5 Å². The van der Waals surface area contributed by atoms with Crippen LogP contribution in [0.5, 0.6) is 0 Å². The lowest BCUT2D eigenvalue weighted by molar-refractivity contribution is -0.467. The number of carbonyl (C=O) groups excluding carboxylic acids is 1. The minimum Gasteiger partial charge on any atom is -0.444 e. The van der Waals surface area contributed by atoms with Crippen LogP contribution in [-0.4, -0.2) is 69.9 Å². The third kappa shape index (κ3) is 10.6. The van der Waals surface area contributed by atoms with Gasteiger partial charge in [0.2, 0.25) is 0 Å². The highest BCUT2D eigenvalue weighted by Crippen LogP contribution is 2.40. The van der Waals surface area contributed by atoms with Gasteiger partial charge in [0.1, 0.15) is 5.60 Å². The Morgan fingerprint density at radius 3 is 1.96 bits per heavy atom. The first-order valence-corrected chi connectivity index (χ1v) is 20.6. The minimum atomic E-state index is -2.74. The first-order chi connectivity index (χ1) is 23.7. The summed E-state index contributed by atoms with van der Waals surface area (Å²) < 4.78 is 30.9. The van der Waals surface area contributed by atoms with E-state index in [1.807, 2.05) is 25.7 Å². The molecule has 5 rings (SSSR count). The van der Waals surface area contributed by atoms with Crippen LogP contribution in [0.2, 0.25) is 5.04 Å². The molecule has 50 heavy (non-hydrogen) atoms. The van der Waals surface area contributed by atoms with Crippen LogP contribution in [0.25, 0.3) is 0 Å². The van der Waals surface area contributed by atoms with Gasteiger partial charge in [0, 0.05) is 24.4 Å². The van der Waals surface area contributed by atoms with Gasteiger partial charge in [0.25, 0.3) is 14.3 Å². The summed E-state index contributed by atoms with van der Waals surface area (Å²) in [5, 5.41) is 2.32. The standard InChI is InChI=1S/C42H63NO6Si/c1-9-23-35(24-17-13-11-10-12-14-22-29-42-45-32-41(8,33-46-42)34-47-42)43(38(44)49-39(2,3)4)30-31-48-50(40(5,6)7,36-25-18-15-19-26-36)37-27-20-16-21-28-37/h10,12-13,15-21,25-28,35H,9,11,14,22-24,29-34H2,1-8H3/b12-10-,17-13-/t35-,41?,42?/m0/s1. The fourth-order valence-corrected chi connectivity index (χ4v) is 11.5. The molecule has 0 saturated carbocycles. The Kier molecular flexibility index (Phi) is 14.1. The second-order valence-corrected chi connectivity index (χ2v) is 20.6. The van der Waals surface area contributed by atoms with E-state index in [4.69, 9.17) is 23.4 Å². The van der Waals surface area contributed by atoms with Crippen molar-refractivity contribution in [2.75, 3.05) is 33.0 Å². The molecule has 3 aliphatic rings. The van der Waals surface area contributed by atoms with Crippen LogP contribution in [-0.2, 0) is 23.4 Å². The maximum Gasteiger partial charge on any atom is 0.410 e. The molecule has 276 valence electrons. The Morgan fingerprint density at radius 2 is 1.44 bits per heavy atom. The third-order valence-electron chi connectivity index (χ3n) is 9.55. The van der Waals surface area contributed by atoms with Gasteiger partial charge in [-0.1, -0.05) is 126 Å². The first-order valence-electron chi connectivity index (χ1n) is 18.7. The number of unbranched alkanes of at least 4 members (excludes halogenated alkanes) is 1. The number of hydrogen-bond acceptors (Lipinski definition) is 6. The Balaban J connectivity index is 1.40. The molecule has 7 nitrogen and oxygen atoms in total. The molecule has 2 aromatic carbocycles. The number of ether oxygens (including phenoxy) is 4. The number of fused-ring (bicyclic) bond motifs is 3. The molecule has 0 N–H and O–H groups in total. The Hall–Kier alpha value is -2.75. The zero-order chi connectivity index (χ0) is 36.3. The highest BCUT2D eigenvalue weighted by Gasteiger charge is 2.51. The Morgan fingerprint density at radius 1 is 0.880 bits per heavy atom. The molecule has 3 fully saturated rings. The number of allylic oxidation sites excluding steroid dienone is 3. The van der Waals surface area contributed by atoms with Crippen molar-refractivity contribution in [2.24, 2.45) is 5.41 Å². The first kappa shape index (κ1) is 40.0. The summed E-state index contributed by atoms with van der Waals surface area (Å²) in [5.74, 6) is -0.843. The summed E-state index contributed by atoms with van der Waals surface area (Å²) in [6.07, 6.45) is 14.6. The van der Waals surface area contributed by atoms with E-state index in [1.54, 1.807) is 0 Å². The molecular weight excluding hydrogens is 643 g/mol. The molecule has 0 aromatic heterocycles. The van der Waals surface area contributed by atoms with Crippen molar-refractivity contribution in [2.45, 2.75) is 123 Å². The fraction of sp³-hybridized carbons (Fsp3) is 0.595. The van der Waals surface area contributed by atoms with E-state index in [1.165, 1.54) is 10.4 Å². The third-order valence-corrected chi connectivity index (χ3v) is 14.6. The van der Waals surface area contributed by atoms with Gasteiger partial charge in [0.15, 0.2) is 0 Å². The van der Waals surface area contributed by atoms with Gasteiger partial charge in [-0.05, 0) is 68.3 Å². The predicted octanol–water partition coefficient (Wildman–Crippen LogP) is 8.77. The van der Waals surface area contributed by atoms with E-state index in [9.17, 15) is 4.79 Å². The predicted molar refractivity (Wildman–Crippen MR) is 205 cm³/mol. The van der Waals surface area contributed by atoms with Crippen molar-refractivity contribution in [1.29, 1.82) is 0 Å². The second-order valence-electron chi connectivity index (χ2n) is 16.3. The maximum atomic E-state index is 13.8. The molecular formula is C42H63NO6Si. The zero-order valence-corrected chi connectivity index (χ0v) is 33.0. The lowest BCUT2D eigenvalue weighted by Crippen LogP contribution is -2.67. The molecule has 3 saturated heterocycles. The van der Waals surface area contributed by atoms with Crippen LogP contribution in [0.15, 0.2) is 85.0 Å². The lowest BCUT2D eigenvalue weighted by Gasteiger charge is -2.50. The number of carbonyl (C=O) groups is 1. The van der Waals surface area contributed by atoms with Gasteiger partial charge >= 0.3 is 6.09 Å². The molecule has 0 aliphatic carbocycles. The van der Waals surface area contributed by atoms with Gasteiger partial charge in [-0.15, -0.1) is 0 Å². The van der Waals surface area contributed by atoms with Crippen LogP contribution in [0, 0.1) is 5.41 Å². The van der Waals surface area contributed by atoms with Crippen molar-refractivity contribution >= 4 is 24.8 Å². The monoisotopic (exact) mass is 705 g/mol. The van der Waals surface area contributed by atoms with Gasteiger partial charge < -0.3 is 28.3 Å². The van der Waals surface area contributed by atoms with E-state index in [0.29, 0.717) is 33.0 Å². The smallest absolute Gasteiger partial charge is 0.410 e. The molecule has 0 spiro atoms. The highest BCUT2D eigenvalue weighted by molar-refractivity contribution is 6.99. The lowest BCUT2D eigenvalue weighted by atomic mass is 9.91. The van der Waals surface area contributed by atoms with Gasteiger partial charge in [-0.2, -0.15) is 0 Å². The van der Waals surface area contributed by atoms with E-state index < -0.39 is 19.9 Å². The number of amides is 1. The average molecular weight is 706 g/mol. The SMILES string of the molecule is CCC[C@@H](C/C=C\C/C=C\CCCC12OCC(C)(CO1)CO2)N(CCO[Si](c1ccccc1)(c1ccccc1)C(C)(C)C)C(=O)OC(C)(C)C. The number of hydrogen-bond donors (Lipinski definition) is 0. The summed E-state index contributed by atoms with van der Waals surface area (Å²) in [5.41, 5.74) is -0.601. The molecule has 1 amide bonds. The Bertz CT molecular complexity index is 1320. The van der Waals surface area contributed by atoms with Gasteiger partial charge in [-0.3, -0.25) is 0 Å². The van der Waals surface area contributed by atoms with Crippen molar-refractivity contribution in [1.82, 2.24) is 4.90 Å². The van der Waals surface area contributed by atoms with Crippen molar-refractivity contribution in [3.8, 4) is 0 Å². The zero-order valence-electron chi connectivity index (χ0n) is 32.0. The van der Waals surface area contributed by atoms with Gasteiger partial charge in [-0.25, -0.2) is 4.79 Å². The van der Waals surface area contributed by atoms with Crippen molar-refractivity contribution in [3.63, 3.8) is 0 Å². The fourth-order valence-electron chi connectivity index (χ4n) is 6.93. The molecule has 0 radical (unpaired) electrons. The molecule has 3 aliphatic heterocycles. The van der Waals surface area contributed by atoms with Crippen molar-refractivity contribution in [3.05, 3.63) is 85.0 Å². The summed E-state index contributed by atoms with van der Waals surface area (Å²) in [6.45, 7) is 19.9. The Labute approximate surface area is 303 Å². The average Bonchev–Trinajstić information content (AvgIpc) is 3.07. The number of benzene rings is 2. The molecule has 2 aromatic rings. The van der Waals surface area contributed by atoms with Crippen LogP contribution >= 0.6 is 0 Å². The summed E-state index contributed by atoms with van der Waals surface area (Å²) in [6, 6.07) is 21.3. The summed E-state index contributed by atoms with van der Waals surface area (Å²) in [4.78, 5) is 15.7. The van der Waals surface area contributed by atoms with Crippen LogP contribution < -0.4 is 10.4 Å². The molecule has 0 unspecified atom stereocenters. The number of rotatable bonds is 17. The highest BCUT2D eigenvalue weighted by atomic mass is 28.4. The van der Waals surface area contributed by atoms with Crippen LogP contribution in [0.4, 0.5) is 4.79 Å². The van der Waals surface area contributed by atoms with E-state index in [0.717, 1.165) is 44.9 Å². The molecule has 3 heterocycles. The van der Waals surface area contributed by atoms with Crippen molar-refractivity contribution < 1.29 is 28.2 Å². The quantitative estimate of drug-likeness (QED) is 0.0932. The van der Waals surface area contributed by atoms with Crippen LogP contribution in [0.3, 0.4) is 0 Å². The second kappa shape index (κ2) is 17.6. The normalized spacial score (nSPS) is 21.9. The van der Waals surface area contributed by atoms with E-state index >= 15 is 0 Å². The van der Waals surface area contributed by atoms with Gasteiger partial charge in [0.05, 0.1) is 26.4 Å².